The zero-order valence-electron chi connectivity index (χ0n) is 23.5. The topological polar surface area (TPSA) is 105 Å². The van der Waals surface area contributed by atoms with Gasteiger partial charge in [0.15, 0.2) is 0 Å². The fourth-order valence-electron chi connectivity index (χ4n) is 4.76. The van der Waals surface area contributed by atoms with E-state index < -0.39 is 11.7 Å². The smallest absolute Gasteiger partial charge is 0.121 e. The lowest BCUT2D eigenvalue weighted by Crippen LogP contribution is -2.42. The zero-order valence-corrected chi connectivity index (χ0v) is 23.5. The molecule has 2 aromatic carbocycles. The number of aliphatic hydroxyl groups excluding tert-OH is 2. The Hall–Kier alpha value is -2.16. The first-order valence-corrected chi connectivity index (χ1v) is 13.3. The molecule has 2 unspecified atom stereocenters. The number of aromatic hydroxyl groups is 1. The number of β-amino-alcohol motifs (C(OH)–C–C–N with tert-alkyl or cyclic N) is 1. The van der Waals surface area contributed by atoms with E-state index in [0.29, 0.717) is 17.7 Å². The van der Waals surface area contributed by atoms with Crippen LogP contribution in [0, 0.1) is 0 Å². The van der Waals surface area contributed by atoms with Crippen molar-refractivity contribution in [2.75, 3.05) is 34.3 Å². The number of phenols is 1. The molecule has 0 heterocycles. The molecule has 0 aliphatic heterocycles. The predicted octanol–water partition coefficient (Wildman–Crippen LogP) is 4.34. The first kappa shape index (κ1) is 31.1. The summed E-state index contributed by atoms with van der Waals surface area (Å²) in [5.74, 6) is 1.09. The molecule has 5 N–H and O–H groups in total. The summed E-state index contributed by atoms with van der Waals surface area (Å²) < 4.78 is 5.23. The molecule has 37 heavy (non-hydrogen) atoms. The second kappa shape index (κ2) is 14.1. The lowest BCUT2D eigenvalue weighted by molar-refractivity contribution is -0.0277. The third kappa shape index (κ3) is 9.91. The Morgan fingerprint density at radius 1 is 1.00 bits per heavy atom. The summed E-state index contributed by atoms with van der Waals surface area (Å²) in [6.07, 6.45) is 4.70. The molecule has 1 aliphatic carbocycles. The second-order valence-corrected chi connectivity index (χ2v) is 11.4. The van der Waals surface area contributed by atoms with Crippen LogP contribution in [-0.2, 0) is 6.61 Å². The van der Waals surface area contributed by atoms with Crippen LogP contribution in [0.5, 0.6) is 11.5 Å². The molecule has 7 nitrogen and oxygen atoms in total. The number of methoxy groups -OCH3 is 1. The van der Waals surface area contributed by atoms with E-state index in [0.717, 1.165) is 38.0 Å². The number of likely N-dealkylation sites (N-methyl/N-ethyl adjacent to an activating group) is 1. The summed E-state index contributed by atoms with van der Waals surface area (Å²) in [6, 6.07) is 12.9. The monoisotopic (exact) mass is 516 g/mol. The van der Waals surface area contributed by atoms with Gasteiger partial charge < -0.3 is 35.4 Å². The van der Waals surface area contributed by atoms with Gasteiger partial charge in [-0.2, -0.15) is 0 Å². The van der Waals surface area contributed by atoms with Crippen LogP contribution in [0.15, 0.2) is 42.5 Å². The van der Waals surface area contributed by atoms with Crippen molar-refractivity contribution in [1.29, 1.82) is 0 Å². The van der Waals surface area contributed by atoms with Crippen LogP contribution in [0.2, 0.25) is 0 Å². The van der Waals surface area contributed by atoms with Gasteiger partial charge >= 0.3 is 0 Å². The third-order valence-electron chi connectivity index (χ3n) is 6.92. The molecule has 2 atom stereocenters. The molecule has 208 valence electrons. The molecule has 0 amide bonds. The zero-order chi connectivity index (χ0) is 27.6. The molecule has 7 heteroatoms. The van der Waals surface area contributed by atoms with Crippen molar-refractivity contribution >= 4 is 0 Å². The summed E-state index contributed by atoms with van der Waals surface area (Å²) in [4.78, 5) is 2.17. The maximum absolute atomic E-state index is 11.1. The molecule has 0 spiro atoms. The Morgan fingerprint density at radius 3 is 2.11 bits per heavy atom. The first-order chi connectivity index (χ1) is 17.4. The minimum atomic E-state index is -0.653. The molecule has 0 aromatic heterocycles. The van der Waals surface area contributed by atoms with E-state index in [2.05, 4.69) is 36.4 Å². The average Bonchev–Trinajstić information content (AvgIpc) is 2.86. The van der Waals surface area contributed by atoms with E-state index in [4.69, 9.17) is 9.84 Å². The number of aliphatic hydroxyl groups is 3. The van der Waals surface area contributed by atoms with Crippen LogP contribution in [0.1, 0.15) is 81.6 Å². The number of rotatable bonds is 9. The van der Waals surface area contributed by atoms with E-state index >= 15 is 0 Å². The van der Waals surface area contributed by atoms with E-state index in [1.54, 1.807) is 19.2 Å². The lowest BCUT2D eigenvalue weighted by Gasteiger charge is -2.40. The number of hydrogen-bond acceptors (Lipinski definition) is 7. The Kier molecular flexibility index (Phi) is 11.9. The quantitative estimate of drug-likeness (QED) is 0.338. The fraction of sp³-hybridized carbons (Fsp3) is 0.600. The van der Waals surface area contributed by atoms with Gasteiger partial charge in [-0.15, -0.1) is 0 Å². The van der Waals surface area contributed by atoms with Gasteiger partial charge in [0.25, 0.3) is 0 Å². The van der Waals surface area contributed by atoms with Crippen LogP contribution in [-0.4, -0.2) is 70.8 Å². The summed E-state index contributed by atoms with van der Waals surface area (Å²) in [6.45, 7) is 7.14. The highest BCUT2D eigenvalue weighted by Gasteiger charge is 2.38. The Balaban J connectivity index is 0.000000264. The maximum atomic E-state index is 11.1. The van der Waals surface area contributed by atoms with Crippen LogP contribution < -0.4 is 10.1 Å². The molecule has 0 radical (unpaired) electrons. The summed E-state index contributed by atoms with van der Waals surface area (Å²) >= 11 is 0. The molecule has 0 saturated heterocycles. The van der Waals surface area contributed by atoms with Gasteiger partial charge in [0, 0.05) is 30.1 Å². The number of nitrogens with zero attached hydrogens (tertiary/aromatic N) is 1. The maximum Gasteiger partial charge on any atom is 0.121 e. The molecular formula is C30H48N2O5. The van der Waals surface area contributed by atoms with E-state index in [-0.39, 0.29) is 23.8 Å². The third-order valence-corrected chi connectivity index (χ3v) is 6.92. The molecule has 1 saturated carbocycles. The highest BCUT2D eigenvalue weighted by molar-refractivity contribution is 5.36. The standard InChI is InChI=1S/C17H27NO2.C13H21NO3/c1-18(2)13-16(17(19)11-5-4-6-12-17)14-7-9-15(20-3)10-8-14;1-13(2,3)14-7-12(17)9-4-5-11(16)10(6-9)8-15/h7-10,16,19H,4-6,11-13H2,1-3H3;4-6,12,14-17H,7-8H2,1-3H3. The van der Waals surface area contributed by atoms with Crippen LogP contribution in [0.25, 0.3) is 0 Å². The van der Waals surface area contributed by atoms with Gasteiger partial charge in [0.05, 0.1) is 25.4 Å². The lowest BCUT2D eigenvalue weighted by atomic mass is 9.72. The fourth-order valence-corrected chi connectivity index (χ4v) is 4.76. The largest absolute Gasteiger partial charge is 0.508 e. The number of ether oxygens (including phenoxy) is 1. The average molecular weight is 517 g/mol. The van der Waals surface area contributed by atoms with E-state index in [9.17, 15) is 15.3 Å². The van der Waals surface area contributed by atoms with E-state index in [1.165, 1.54) is 18.1 Å². The van der Waals surface area contributed by atoms with Crippen LogP contribution >= 0.6 is 0 Å². The first-order valence-electron chi connectivity index (χ1n) is 13.3. The SMILES string of the molecule is CC(C)(C)NCC(O)c1ccc(O)c(CO)c1.COc1ccc(C(CN(C)C)C2(O)CCCCC2)cc1. The van der Waals surface area contributed by atoms with Crippen molar-refractivity contribution in [2.45, 2.75) is 82.6 Å². The normalized spacial score (nSPS) is 17.0. The van der Waals surface area contributed by atoms with Gasteiger partial charge in [-0.25, -0.2) is 0 Å². The van der Waals surface area contributed by atoms with Gasteiger partial charge in [-0.05, 0) is 83.1 Å². The molecule has 0 bridgehead atoms. The van der Waals surface area contributed by atoms with Crippen molar-refractivity contribution in [3.8, 4) is 11.5 Å². The van der Waals surface area contributed by atoms with Crippen molar-refractivity contribution in [3.63, 3.8) is 0 Å². The highest BCUT2D eigenvalue weighted by Crippen LogP contribution is 2.40. The number of benzene rings is 2. The number of nitrogens with one attached hydrogen (secondary N) is 1. The predicted molar refractivity (Wildman–Crippen MR) is 149 cm³/mol. The van der Waals surface area contributed by atoms with Crippen molar-refractivity contribution < 1.29 is 25.2 Å². The summed E-state index contributed by atoms with van der Waals surface area (Å²) in [7, 11) is 5.83. The van der Waals surface area contributed by atoms with Gasteiger partial charge in [-0.3, -0.25) is 0 Å². The molecule has 1 fully saturated rings. The molecular weight excluding hydrogens is 468 g/mol. The Labute approximate surface area is 223 Å². The van der Waals surface area contributed by atoms with Gasteiger partial charge in [0.2, 0.25) is 0 Å². The van der Waals surface area contributed by atoms with Crippen molar-refractivity contribution in [1.82, 2.24) is 10.2 Å². The molecule has 3 rings (SSSR count). The summed E-state index contributed by atoms with van der Waals surface area (Å²) in [5, 5.41) is 42.7. The minimum absolute atomic E-state index is 0.0484. The summed E-state index contributed by atoms with van der Waals surface area (Å²) in [5.41, 5.74) is 1.71. The molecule has 1 aliphatic rings. The van der Waals surface area contributed by atoms with E-state index in [1.807, 2.05) is 32.9 Å². The number of hydrogen-bond donors (Lipinski definition) is 5. The van der Waals surface area contributed by atoms with Crippen LogP contribution in [0.3, 0.4) is 0 Å². The van der Waals surface area contributed by atoms with Crippen molar-refractivity contribution in [3.05, 3.63) is 59.2 Å². The second-order valence-electron chi connectivity index (χ2n) is 11.4. The Morgan fingerprint density at radius 2 is 1.59 bits per heavy atom. The van der Waals surface area contributed by atoms with Gasteiger partial charge in [-0.1, -0.05) is 37.5 Å². The Bertz CT molecular complexity index is 934. The van der Waals surface area contributed by atoms with Gasteiger partial charge in [0.1, 0.15) is 11.5 Å². The highest BCUT2D eigenvalue weighted by atomic mass is 16.5. The molecule has 2 aromatic rings. The van der Waals surface area contributed by atoms with Crippen LogP contribution in [0.4, 0.5) is 0 Å². The van der Waals surface area contributed by atoms with Crippen molar-refractivity contribution in [2.24, 2.45) is 0 Å². The minimum Gasteiger partial charge on any atom is -0.508 e.